The summed E-state index contributed by atoms with van der Waals surface area (Å²) < 4.78 is 17.4. The van der Waals surface area contributed by atoms with Crippen molar-refractivity contribution in [1.29, 1.82) is 0 Å². The molecule has 1 aromatic carbocycles. The van der Waals surface area contributed by atoms with Gasteiger partial charge in [-0.25, -0.2) is 0 Å². The summed E-state index contributed by atoms with van der Waals surface area (Å²) in [5.74, 6) is 1.65. The van der Waals surface area contributed by atoms with E-state index in [1.807, 2.05) is 24.3 Å². The fourth-order valence-corrected chi connectivity index (χ4v) is 3.03. The number of benzene rings is 1. The molecular weight excluding hydrogens is 326 g/mol. The molecule has 0 aliphatic heterocycles. The zero-order chi connectivity index (χ0) is 19.4. The Morgan fingerprint density at radius 2 is 1.73 bits per heavy atom. The molecule has 0 saturated carbocycles. The van der Waals surface area contributed by atoms with Crippen molar-refractivity contribution in [2.45, 2.75) is 52.2 Å². The van der Waals surface area contributed by atoms with E-state index in [2.05, 4.69) is 35.0 Å². The van der Waals surface area contributed by atoms with E-state index in [0.717, 1.165) is 28.1 Å². The van der Waals surface area contributed by atoms with E-state index in [1.165, 1.54) is 25.8 Å². The van der Waals surface area contributed by atoms with Gasteiger partial charge in [-0.05, 0) is 50.3 Å². The van der Waals surface area contributed by atoms with Crippen LogP contribution < -0.4 is 4.74 Å². The zero-order valence-electron chi connectivity index (χ0n) is 17.5. The van der Waals surface area contributed by atoms with Gasteiger partial charge in [-0.3, -0.25) is 0 Å². The van der Waals surface area contributed by atoms with Gasteiger partial charge >= 0.3 is 0 Å². The van der Waals surface area contributed by atoms with Gasteiger partial charge in [-0.2, -0.15) is 0 Å². The Labute approximate surface area is 160 Å². The first kappa shape index (κ1) is 22.4. The third-order valence-corrected chi connectivity index (χ3v) is 4.48. The molecule has 0 heterocycles. The molecule has 0 aliphatic rings. The van der Waals surface area contributed by atoms with E-state index in [-0.39, 0.29) is 6.10 Å². The van der Waals surface area contributed by atoms with Crippen LogP contribution in [0.15, 0.2) is 36.8 Å². The lowest BCUT2D eigenvalue weighted by atomic mass is 9.97. The predicted molar refractivity (Wildman–Crippen MR) is 108 cm³/mol. The van der Waals surface area contributed by atoms with E-state index >= 15 is 0 Å². The topological polar surface area (TPSA) is 27.7 Å². The summed E-state index contributed by atoms with van der Waals surface area (Å²) in [6, 6.07) is 7.86. The lowest BCUT2D eigenvalue weighted by Crippen LogP contribution is -2.39. The third kappa shape index (κ3) is 10.3. The maximum absolute atomic E-state index is 5.70. The van der Waals surface area contributed by atoms with Crippen LogP contribution in [0.2, 0.25) is 0 Å². The maximum Gasteiger partial charge on any atom is 0.118 e. The summed E-state index contributed by atoms with van der Waals surface area (Å²) in [5, 5.41) is 0. The lowest BCUT2D eigenvalue weighted by molar-refractivity contribution is -0.874. The first-order valence-electron chi connectivity index (χ1n) is 9.69. The van der Waals surface area contributed by atoms with Crippen molar-refractivity contribution in [3.05, 3.63) is 42.4 Å². The minimum atomic E-state index is 0.220. The second kappa shape index (κ2) is 11.8. The molecule has 0 N–H and O–H groups in total. The van der Waals surface area contributed by atoms with Gasteiger partial charge in [0.25, 0.3) is 0 Å². The van der Waals surface area contributed by atoms with Crippen LogP contribution in [0.5, 0.6) is 5.75 Å². The number of quaternary nitrogens is 1. The normalized spacial score (nSPS) is 14.2. The van der Waals surface area contributed by atoms with Crippen LogP contribution in [0.3, 0.4) is 0 Å². The molecule has 4 heteroatoms. The predicted octanol–water partition coefficient (Wildman–Crippen LogP) is 4.99. The van der Waals surface area contributed by atoms with E-state index in [0.29, 0.717) is 6.61 Å². The first-order valence-corrected chi connectivity index (χ1v) is 9.69. The largest absolute Gasteiger partial charge is 0.497 e. The van der Waals surface area contributed by atoms with Crippen molar-refractivity contribution in [3.8, 4) is 5.75 Å². The molecule has 2 unspecified atom stereocenters. The highest BCUT2D eigenvalue weighted by Gasteiger charge is 2.16. The summed E-state index contributed by atoms with van der Waals surface area (Å²) in [6.45, 7) is 6.18. The van der Waals surface area contributed by atoms with Gasteiger partial charge in [-0.15, -0.1) is 0 Å². The lowest BCUT2D eigenvalue weighted by Gasteiger charge is -2.29. The molecule has 0 aliphatic carbocycles. The van der Waals surface area contributed by atoms with Gasteiger partial charge in [-0.1, -0.05) is 19.1 Å². The smallest absolute Gasteiger partial charge is 0.118 e. The SMILES string of the molecule is CCC(CCCC(C)O/C=C\OCc1ccc(OC)cc1)C[N+](C)(C)C. The highest BCUT2D eigenvalue weighted by Crippen LogP contribution is 2.17. The van der Waals surface area contributed by atoms with Gasteiger partial charge in [0.1, 0.15) is 24.9 Å². The number of hydrogen-bond acceptors (Lipinski definition) is 3. The van der Waals surface area contributed by atoms with Crippen LogP contribution in [0.25, 0.3) is 0 Å². The Morgan fingerprint density at radius 3 is 2.31 bits per heavy atom. The van der Waals surface area contributed by atoms with Crippen molar-refractivity contribution < 1.29 is 18.7 Å². The minimum Gasteiger partial charge on any atom is -0.497 e. The van der Waals surface area contributed by atoms with Crippen molar-refractivity contribution in [1.82, 2.24) is 0 Å². The number of rotatable bonds is 13. The average molecular weight is 365 g/mol. The number of nitrogens with zero attached hydrogens (tertiary/aromatic N) is 1. The molecule has 0 bridgehead atoms. The fraction of sp³-hybridized carbons (Fsp3) is 0.636. The molecule has 26 heavy (non-hydrogen) atoms. The molecule has 1 rings (SSSR count). The van der Waals surface area contributed by atoms with Gasteiger partial charge in [0.2, 0.25) is 0 Å². The van der Waals surface area contributed by atoms with Crippen LogP contribution in [-0.4, -0.2) is 45.4 Å². The fourth-order valence-electron chi connectivity index (χ4n) is 3.03. The molecule has 2 atom stereocenters. The number of hydrogen-bond donors (Lipinski definition) is 0. The van der Waals surface area contributed by atoms with Crippen LogP contribution in [-0.2, 0) is 16.1 Å². The van der Waals surface area contributed by atoms with Crippen LogP contribution in [0.4, 0.5) is 0 Å². The van der Waals surface area contributed by atoms with E-state index in [1.54, 1.807) is 19.6 Å². The maximum atomic E-state index is 5.70. The average Bonchev–Trinajstić information content (AvgIpc) is 2.60. The van der Waals surface area contributed by atoms with Crippen LogP contribution >= 0.6 is 0 Å². The van der Waals surface area contributed by atoms with Crippen molar-refractivity contribution in [2.75, 3.05) is 34.8 Å². The molecule has 0 saturated heterocycles. The molecule has 1 aromatic rings. The Morgan fingerprint density at radius 1 is 1.04 bits per heavy atom. The standard InChI is InChI=1S/C22H38NO3/c1-7-20(17-23(3,4)5)10-8-9-19(2)26-16-15-25-18-21-11-13-22(24-6)14-12-21/h11-16,19-20H,7-10,17-18H2,1-6H3/q+1/b16-15-. The van der Waals surface area contributed by atoms with Crippen LogP contribution in [0, 0.1) is 5.92 Å². The summed E-state index contributed by atoms with van der Waals surface area (Å²) in [4.78, 5) is 0. The summed E-state index contributed by atoms with van der Waals surface area (Å²) in [5.41, 5.74) is 1.10. The second-order valence-corrected chi connectivity index (χ2v) is 8.06. The number of methoxy groups -OCH3 is 1. The molecule has 0 spiro atoms. The zero-order valence-corrected chi connectivity index (χ0v) is 17.5. The highest BCUT2D eigenvalue weighted by atomic mass is 16.5. The molecule has 0 fully saturated rings. The highest BCUT2D eigenvalue weighted by molar-refractivity contribution is 5.26. The molecule has 0 amide bonds. The third-order valence-electron chi connectivity index (χ3n) is 4.48. The van der Waals surface area contributed by atoms with Crippen LogP contribution in [0.1, 0.15) is 45.1 Å². The van der Waals surface area contributed by atoms with E-state index < -0.39 is 0 Å². The Hall–Kier alpha value is -1.68. The Bertz CT molecular complexity index is 505. The minimum absolute atomic E-state index is 0.220. The molecular formula is C22H38NO3+. The molecule has 4 nitrogen and oxygen atoms in total. The summed E-state index contributed by atoms with van der Waals surface area (Å²) in [7, 11) is 8.47. The molecule has 148 valence electrons. The summed E-state index contributed by atoms with van der Waals surface area (Å²) >= 11 is 0. The second-order valence-electron chi connectivity index (χ2n) is 8.06. The van der Waals surface area contributed by atoms with Crippen molar-refractivity contribution >= 4 is 0 Å². The summed E-state index contributed by atoms with van der Waals surface area (Å²) in [6.07, 6.45) is 8.33. The van der Waals surface area contributed by atoms with E-state index in [9.17, 15) is 0 Å². The monoisotopic (exact) mass is 364 g/mol. The van der Waals surface area contributed by atoms with Crippen molar-refractivity contribution in [3.63, 3.8) is 0 Å². The van der Waals surface area contributed by atoms with Gasteiger partial charge < -0.3 is 18.7 Å². The first-order chi connectivity index (χ1) is 12.3. The Kier molecular flexibility index (Phi) is 10.2. The van der Waals surface area contributed by atoms with Gasteiger partial charge in [0, 0.05) is 5.92 Å². The number of ether oxygens (including phenoxy) is 3. The van der Waals surface area contributed by atoms with Crippen molar-refractivity contribution in [2.24, 2.45) is 5.92 Å². The van der Waals surface area contributed by atoms with Gasteiger partial charge in [0.15, 0.2) is 0 Å². The quantitative estimate of drug-likeness (QED) is 0.364. The van der Waals surface area contributed by atoms with Gasteiger partial charge in [0.05, 0.1) is 40.9 Å². The Balaban J connectivity index is 2.16. The molecule has 0 aromatic heterocycles. The van der Waals surface area contributed by atoms with E-state index in [4.69, 9.17) is 14.2 Å². The molecule has 0 radical (unpaired) electrons.